The smallest absolute Gasteiger partial charge is 0.154 e. The van der Waals surface area contributed by atoms with E-state index < -0.39 is 0 Å². The van der Waals surface area contributed by atoms with Crippen molar-refractivity contribution in [2.45, 2.75) is 26.7 Å². The molecule has 0 atom stereocenters. The molecule has 1 aliphatic rings. The number of nitrogens with zero attached hydrogens (tertiary/aromatic N) is 4. The Morgan fingerprint density at radius 2 is 1.65 bits per heavy atom. The molecule has 0 unspecified atom stereocenters. The van der Waals surface area contributed by atoms with E-state index in [0.717, 1.165) is 43.0 Å². The van der Waals surface area contributed by atoms with Crippen LogP contribution in [0.1, 0.15) is 24.0 Å². The lowest BCUT2D eigenvalue weighted by Gasteiger charge is -2.29. The van der Waals surface area contributed by atoms with Crippen LogP contribution in [-0.2, 0) is 0 Å². The van der Waals surface area contributed by atoms with Gasteiger partial charge < -0.3 is 4.90 Å². The Bertz CT molecular complexity index is 589. The van der Waals surface area contributed by atoms with E-state index in [9.17, 15) is 0 Å². The standard InChI is InChI=1S/C16H19N4/c1-12-13(2)16(20-10-4-3-5-11-20)19-18-15(12)14-6-8-17-9-7-14/h3,6-9H,4-5,10-11H2,1-2H3. The predicted molar refractivity (Wildman–Crippen MR) is 80.5 cm³/mol. The van der Waals surface area contributed by atoms with E-state index in [1.54, 1.807) is 12.4 Å². The van der Waals surface area contributed by atoms with Crippen LogP contribution in [0.5, 0.6) is 0 Å². The number of pyridine rings is 1. The van der Waals surface area contributed by atoms with Crippen molar-refractivity contribution in [3.63, 3.8) is 0 Å². The van der Waals surface area contributed by atoms with Crippen LogP contribution < -0.4 is 4.90 Å². The molecule has 1 radical (unpaired) electrons. The lowest BCUT2D eigenvalue weighted by Crippen LogP contribution is -2.31. The summed E-state index contributed by atoms with van der Waals surface area (Å²) < 4.78 is 0. The fourth-order valence-corrected chi connectivity index (χ4v) is 2.64. The topological polar surface area (TPSA) is 41.9 Å². The van der Waals surface area contributed by atoms with Crippen LogP contribution in [0.15, 0.2) is 24.5 Å². The van der Waals surface area contributed by atoms with Crippen molar-refractivity contribution in [2.75, 3.05) is 18.0 Å². The van der Waals surface area contributed by atoms with Gasteiger partial charge in [0.25, 0.3) is 0 Å². The maximum Gasteiger partial charge on any atom is 0.154 e. The first-order chi connectivity index (χ1) is 9.77. The van der Waals surface area contributed by atoms with Gasteiger partial charge in [0.1, 0.15) is 0 Å². The van der Waals surface area contributed by atoms with Gasteiger partial charge >= 0.3 is 0 Å². The molecule has 3 heterocycles. The van der Waals surface area contributed by atoms with Gasteiger partial charge in [0.05, 0.1) is 5.69 Å². The van der Waals surface area contributed by atoms with Gasteiger partial charge in [-0.05, 0) is 56.4 Å². The minimum absolute atomic E-state index is 0.956. The summed E-state index contributed by atoms with van der Waals surface area (Å²) in [7, 11) is 0. The number of piperidine rings is 1. The van der Waals surface area contributed by atoms with Crippen LogP contribution in [0, 0.1) is 20.3 Å². The number of hydrogen-bond acceptors (Lipinski definition) is 4. The SMILES string of the molecule is Cc1c(-c2ccncc2)nnc(N2CC[CH]CC2)c1C. The van der Waals surface area contributed by atoms with E-state index in [1.165, 1.54) is 11.1 Å². The van der Waals surface area contributed by atoms with Crippen LogP contribution in [-0.4, -0.2) is 28.3 Å². The molecular weight excluding hydrogens is 248 g/mol. The largest absolute Gasteiger partial charge is 0.355 e. The summed E-state index contributed by atoms with van der Waals surface area (Å²) in [5, 5.41) is 8.94. The highest BCUT2D eigenvalue weighted by atomic mass is 15.3. The summed E-state index contributed by atoms with van der Waals surface area (Å²) in [4.78, 5) is 6.39. The molecule has 0 amide bonds. The van der Waals surface area contributed by atoms with Crippen molar-refractivity contribution in [2.24, 2.45) is 0 Å². The third-order valence-corrected chi connectivity index (χ3v) is 3.96. The van der Waals surface area contributed by atoms with Gasteiger partial charge in [-0.15, -0.1) is 10.2 Å². The number of aromatic nitrogens is 3. The minimum Gasteiger partial charge on any atom is -0.355 e. The Morgan fingerprint density at radius 3 is 2.35 bits per heavy atom. The molecule has 0 aromatic carbocycles. The Labute approximate surface area is 119 Å². The zero-order valence-corrected chi connectivity index (χ0v) is 12.0. The highest BCUT2D eigenvalue weighted by Crippen LogP contribution is 2.28. The predicted octanol–water partition coefficient (Wildman–Crippen LogP) is 2.96. The molecule has 1 aliphatic heterocycles. The third-order valence-electron chi connectivity index (χ3n) is 3.96. The molecule has 0 saturated carbocycles. The number of hydrogen-bond donors (Lipinski definition) is 0. The molecule has 1 saturated heterocycles. The maximum atomic E-state index is 4.48. The highest BCUT2D eigenvalue weighted by Gasteiger charge is 2.18. The third kappa shape index (κ3) is 2.38. The average molecular weight is 267 g/mol. The van der Waals surface area contributed by atoms with Crippen molar-refractivity contribution in [3.8, 4) is 11.3 Å². The van der Waals surface area contributed by atoms with Crippen molar-refractivity contribution < 1.29 is 0 Å². The summed E-state index contributed by atoms with van der Waals surface area (Å²) in [6.45, 7) is 6.36. The summed E-state index contributed by atoms with van der Waals surface area (Å²) in [5.41, 5.74) is 4.47. The fraction of sp³-hybridized carbons (Fsp3) is 0.375. The van der Waals surface area contributed by atoms with Gasteiger partial charge in [-0.2, -0.15) is 0 Å². The second-order valence-electron chi connectivity index (χ2n) is 5.21. The minimum atomic E-state index is 0.956. The zero-order valence-electron chi connectivity index (χ0n) is 12.0. The summed E-state index contributed by atoms with van der Waals surface area (Å²) in [5.74, 6) is 1.04. The molecule has 20 heavy (non-hydrogen) atoms. The summed E-state index contributed by atoms with van der Waals surface area (Å²) in [6.07, 6.45) is 8.19. The molecule has 4 nitrogen and oxygen atoms in total. The van der Waals surface area contributed by atoms with E-state index in [4.69, 9.17) is 0 Å². The maximum absolute atomic E-state index is 4.48. The van der Waals surface area contributed by atoms with Crippen LogP contribution in [0.2, 0.25) is 0 Å². The van der Waals surface area contributed by atoms with Crippen molar-refractivity contribution in [1.82, 2.24) is 15.2 Å². The van der Waals surface area contributed by atoms with Gasteiger partial charge in [-0.1, -0.05) is 0 Å². The average Bonchev–Trinajstić information content (AvgIpc) is 2.52. The molecular formula is C16H19N4. The van der Waals surface area contributed by atoms with Crippen LogP contribution in [0.25, 0.3) is 11.3 Å². The second kappa shape index (κ2) is 5.57. The van der Waals surface area contributed by atoms with E-state index in [2.05, 4.69) is 40.3 Å². The fourth-order valence-electron chi connectivity index (χ4n) is 2.64. The van der Waals surface area contributed by atoms with Gasteiger partial charge in [0.15, 0.2) is 5.82 Å². The molecule has 0 bridgehead atoms. The van der Waals surface area contributed by atoms with E-state index in [1.807, 2.05) is 12.1 Å². The monoisotopic (exact) mass is 267 g/mol. The second-order valence-corrected chi connectivity index (χ2v) is 5.21. The molecule has 4 heteroatoms. The van der Waals surface area contributed by atoms with Crippen LogP contribution >= 0.6 is 0 Å². The van der Waals surface area contributed by atoms with E-state index in [-0.39, 0.29) is 0 Å². The van der Waals surface area contributed by atoms with Gasteiger partial charge in [-0.3, -0.25) is 4.98 Å². The molecule has 0 spiro atoms. The normalized spacial score (nSPS) is 15.4. The first-order valence-corrected chi connectivity index (χ1v) is 7.08. The molecule has 0 aliphatic carbocycles. The van der Waals surface area contributed by atoms with E-state index >= 15 is 0 Å². The van der Waals surface area contributed by atoms with E-state index in [0.29, 0.717) is 0 Å². The Hall–Kier alpha value is -1.97. The molecule has 1 fully saturated rings. The van der Waals surface area contributed by atoms with Crippen molar-refractivity contribution in [3.05, 3.63) is 42.1 Å². The number of anilines is 1. The lowest BCUT2D eigenvalue weighted by atomic mass is 10.0. The van der Waals surface area contributed by atoms with Crippen molar-refractivity contribution in [1.29, 1.82) is 0 Å². The first-order valence-electron chi connectivity index (χ1n) is 7.08. The van der Waals surface area contributed by atoms with Crippen LogP contribution in [0.3, 0.4) is 0 Å². The number of rotatable bonds is 2. The summed E-state index contributed by atoms with van der Waals surface area (Å²) >= 11 is 0. The Balaban J connectivity index is 1.98. The molecule has 2 aromatic heterocycles. The van der Waals surface area contributed by atoms with Gasteiger partial charge in [-0.25, -0.2) is 0 Å². The Morgan fingerprint density at radius 1 is 0.950 bits per heavy atom. The lowest BCUT2D eigenvalue weighted by molar-refractivity contribution is 0.663. The highest BCUT2D eigenvalue weighted by molar-refractivity contribution is 5.66. The molecule has 2 aromatic rings. The molecule has 3 rings (SSSR count). The zero-order chi connectivity index (χ0) is 13.9. The Kier molecular flexibility index (Phi) is 3.63. The molecule has 0 N–H and O–H groups in total. The quantitative estimate of drug-likeness (QED) is 0.839. The summed E-state index contributed by atoms with van der Waals surface area (Å²) in [6, 6.07) is 3.96. The van der Waals surface area contributed by atoms with Gasteiger partial charge in [0, 0.05) is 31.0 Å². The first kappa shape index (κ1) is 13.0. The van der Waals surface area contributed by atoms with Gasteiger partial charge in [0.2, 0.25) is 0 Å². The molecule has 103 valence electrons. The van der Waals surface area contributed by atoms with Crippen molar-refractivity contribution >= 4 is 5.82 Å². The van der Waals surface area contributed by atoms with Crippen LogP contribution in [0.4, 0.5) is 5.82 Å².